The predicted molar refractivity (Wildman–Crippen MR) is 120 cm³/mol. The largest absolute Gasteiger partial charge is 0.417 e. The van der Waals surface area contributed by atoms with Crippen LogP contribution in [0.4, 0.5) is 28.9 Å². The zero-order valence-corrected chi connectivity index (χ0v) is 18.3. The summed E-state index contributed by atoms with van der Waals surface area (Å²) in [5.74, 6) is -1.55. The molecule has 7 nitrogen and oxygen atoms in total. The second-order valence-electron chi connectivity index (χ2n) is 8.00. The van der Waals surface area contributed by atoms with Crippen molar-refractivity contribution in [1.82, 2.24) is 20.2 Å². The number of aromatic nitrogens is 2. The fourth-order valence-corrected chi connectivity index (χ4v) is 3.78. The normalized spacial score (nSPS) is 17.1. The molecule has 0 saturated carbocycles. The van der Waals surface area contributed by atoms with Crippen LogP contribution in [0.15, 0.2) is 66.6 Å². The molecule has 4 rings (SSSR count). The van der Waals surface area contributed by atoms with Gasteiger partial charge >= 0.3 is 6.18 Å². The van der Waals surface area contributed by atoms with Crippen molar-refractivity contribution in [2.75, 3.05) is 43.4 Å². The van der Waals surface area contributed by atoms with Crippen LogP contribution in [0.2, 0.25) is 0 Å². The number of amides is 1. The van der Waals surface area contributed by atoms with Crippen molar-refractivity contribution in [2.24, 2.45) is 0 Å². The summed E-state index contributed by atoms with van der Waals surface area (Å²) < 4.78 is 55.8. The van der Waals surface area contributed by atoms with Crippen LogP contribution < -0.4 is 15.5 Å². The van der Waals surface area contributed by atoms with Crippen LogP contribution in [0.3, 0.4) is 0 Å². The van der Waals surface area contributed by atoms with E-state index in [1.807, 2.05) is 11.9 Å². The molecule has 2 aliphatic heterocycles. The molecule has 2 aliphatic rings. The number of benzene rings is 1. The second kappa shape index (κ2) is 9.26. The van der Waals surface area contributed by atoms with E-state index in [1.165, 1.54) is 30.9 Å². The smallest absolute Gasteiger partial charge is 0.367 e. The van der Waals surface area contributed by atoms with Gasteiger partial charge in [-0.15, -0.1) is 0 Å². The Bertz CT molecular complexity index is 1170. The average molecular weight is 474 g/mol. The lowest BCUT2D eigenvalue weighted by molar-refractivity contribution is -0.115. The van der Waals surface area contributed by atoms with E-state index in [4.69, 9.17) is 0 Å². The number of dihydropyridines is 1. The molecular weight excluding hydrogens is 452 g/mol. The van der Waals surface area contributed by atoms with Gasteiger partial charge in [0.15, 0.2) is 0 Å². The molecule has 0 bridgehead atoms. The molecular formula is C23H22F4N6O. The molecule has 178 valence electrons. The predicted octanol–water partition coefficient (Wildman–Crippen LogP) is 3.46. The number of piperazine rings is 1. The van der Waals surface area contributed by atoms with Gasteiger partial charge in [-0.3, -0.25) is 4.79 Å². The number of carbonyl (C=O) groups excluding carboxylic acids is 1. The number of nitrogens with one attached hydrogen (secondary N) is 2. The minimum absolute atomic E-state index is 0.00940. The maximum atomic E-state index is 15.1. The van der Waals surface area contributed by atoms with Gasteiger partial charge in [-0.05, 0) is 25.3 Å². The molecule has 0 radical (unpaired) electrons. The number of rotatable bonds is 4. The zero-order chi connectivity index (χ0) is 24.5. The van der Waals surface area contributed by atoms with Crippen molar-refractivity contribution >= 4 is 17.3 Å². The lowest BCUT2D eigenvalue weighted by atomic mass is 10.0. The summed E-state index contributed by atoms with van der Waals surface area (Å²) in [6.45, 7) is 6.00. The maximum Gasteiger partial charge on any atom is 0.417 e. The van der Waals surface area contributed by atoms with Gasteiger partial charge in [-0.2, -0.15) is 13.2 Å². The summed E-state index contributed by atoms with van der Waals surface area (Å²) in [7, 11) is 1.96. The number of anilines is 2. The molecule has 11 heteroatoms. The van der Waals surface area contributed by atoms with Crippen molar-refractivity contribution in [3.8, 4) is 11.1 Å². The number of alkyl halides is 3. The molecule has 0 unspecified atom stereocenters. The summed E-state index contributed by atoms with van der Waals surface area (Å²) in [6.07, 6.45) is 1.10. The molecule has 1 saturated heterocycles. The Hall–Kier alpha value is -3.73. The van der Waals surface area contributed by atoms with Crippen LogP contribution in [0.25, 0.3) is 11.1 Å². The Kier molecular flexibility index (Phi) is 6.38. The van der Waals surface area contributed by atoms with Crippen LogP contribution >= 0.6 is 0 Å². The van der Waals surface area contributed by atoms with E-state index in [-0.39, 0.29) is 16.9 Å². The first-order valence-corrected chi connectivity index (χ1v) is 10.4. The number of halogens is 4. The summed E-state index contributed by atoms with van der Waals surface area (Å²) >= 11 is 0. The van der Waals surface area contributed by atoms with Crippen molar-refractivity contribution < 1.29 is 22.4 Å². The van der Waals surface area contributed by atoms with Gasteiger partial charge in [-0.25, -0.2) is 14.4 Å². The Morgan fingerprint density at radius 3 is 2.47 bits per heavy atom. The number of hydrogen-bond donors (Lipinski definition) is 2. The standard InChI is InChI=1S/C23H22F4N6O/c1-14-7-18(23(25,26)27)17(12-30-14)22(34)31-20-8-16(15-10-28-13-29-11-15)19(24)9-21(20)33-5-3-32(2)4-6-33/h7-13,30H,1,3-6H2,2H3,(H,31,34). The Labute approximate surface area is 193 Å². The van der Waals surface area contributed by atoms with Gasteiger partial charge in [0.2, 0.25) is 0 Å². The van der Waals surface area contributed by atoms with Crippen molar-refractivity contribution in [1.29, 1.82) is 0 Å². The van der Waals surface area contributed by atoms with E-state index < -0.39 is 29.0 Å². The summed E-state index contributed by atoms with van der Waals surface area (Å²) in [5, 5.41) is 5.11. The first kappa shape index (κ1) is 23.4. The molecule has 2 N–H and O–H groups in total. The number of nitrogens with zero attached hydrogens (tertiary/aromatic N) is 4. The highest BCUT2D eigenvalue weighted by molar-refractivity contribution is 6.09. The molecule has 1 aromatic heterocycles. The average Bonchev–Trinajstić information content (AvgIpc) is 2.80. The minimum Gasteiger partial charge on any atom is -0.367 e. The first-order valence-electron chi connectivity index (χ1n) is 10.4. The number of likely N-dealkylation sites (N-methyl/N-ethyl adjacent to an activating group) is 1. The Morgan fingerprint density at radius 1 is 1.15 bits per heavy atom. The lowest BCUT2D eigenvalue weighted by Crippen LogP contribution is -2.44. The highest BCUT2D eigenvalue weighted by Crippen LogP contribution is 2.37. The molecule has 1 fully saturated rings. The van der Waals surface area contributed by atoms with Crippen molar-refractivity contribution in [3.05, 3.63) is 72.4 Å². The molecule has 1 amide bonds. The van der Waals surface area contributed by atoms with Crippen molar-refractivity contribution in [2.45, 2.75) is 6.18 Å². The maximum absolute atomic E-state index is 15.1. The quantitative estimate of drug-likeness (QED) is 0.662. The lowest BCUT2D eigenvalue weighted by Gasteiger charge is -2.35. The monoisotopic (exact) mass is 474 g/mol. The first-order chi connectivity index (χ1) is 16.1. The van der Waals surface area contributed by atoms with E-state index in [0.29, 0.717) is 37.4 Å². The van der Waals surface area contributed by atoms with E-state index >= 15 is 4.39 Å². The topological polar surface area (TPSA) is 73.4 Å². The zero-order valence-electron chi connectivity index (χ0n) is 18.3. The van der Waals surface area contributed by atoms with Crippen molar-refractivity contribution in [3.63, 3.8) is 0 Å². The van der Waals surface area contributed by atoms with E-state index in [1.54, 1.807) is 0 Å². The third-order valence-corrected chi connectivity index (χ3v) is 5.61. The molecule has 0 aliphatic carbocycles. The summed E-state index contributed by atoms with van der Waals surface area (Å²) in [5.41, 5.74) is -0.662. The number of allylic oxidation sites excluding steroid dienone is 1. The van der Waals surface area contributed by atoms with Gasteiger partial charge in [0.1, 0.15) is 12.1 Å². The van der Waals surface area contributed by atoms with E-state index in [2.05, 4.69) is 32.1 Å². The van der Waals surface area contributed by atoms with Gasteiger partial charge in [-0.1, -0.05) is 6.58 Å². The third-order valence-electron chi connectivity index (χ3n) is 5.61. The molecule has 2 aromatic rings. The highest BCUT2D eigenvalue weighted by atomic mass is 19.4. The van der Waals surface area contributed by atoms with Crippen LogP contribution in [0.5, 0.6) is 0 Å². The Morgan fingerprint density at radius 2 is 1.82 bits per heavy atom. The molecule has 3 heterocycles. The van der Waals surface area contributed by atoms with E-state index in [9.17, 15) is 18.0 Å². The summed E-state index contributed by atoms with van der Waals surface area (Å²) in [4.78, 5) is 24.8. The number of carbonyl (C=O) groups is 1. The second-order valence-corrected chi connectivity index (χ2v) is 8.00. The van der Waals surface area contributed by atoms with Crippen LogP contribution in [0, 0.1) is 5.82 Å². The third kappa shape index (κ3) is 4.93. The fourth-order valence-electron chi connectivity index (χ4n) is 3.78. The highest BCUT2D eigenvalue weighted by Gasteiger charge is 2.40. The molecule has 0 atom stereocenters. The minimum atomic E-state index is -4.76. The molecule has 1 aromatic carbocycles. The molecule has 34 heavy (non-hydrogen) atoms. The fraction of sp³-hybridized carbons (Fsp3) is 0.261. The summed E-state index contributed by atoms with van der Waals surface area (Å²) in [6, 6.07) is 2.67. The van der Waals surface area contributed by atoms with Gasteiger partial charge in [0.05, 0.1) is 22.5 Å². The van der Waals surface area contributed by atoms with Crippen LogP contribution in [-0.2, 0) is 4.79 Å². The van der Waals surface area contributed by atoms with Gasteiger partial charge in [0, 0.05) is 61.6 Å². The SMILES string of the molecule is C=C1C=C(C(F)(F)F)C(C(=O)Nc2cc(-c3cncnc3)c(F)cc2N2CCN(C)CC2)=CN1. The van der Waals surface area contributed by atoms with E-state index in [0.717, 1.165) is 12.3 Å². The molecule has 0 spiro atoms. The van der Waals surface area contributed by atoms with Gasteiger partial charge < -0.3 is 20.4 Å². The number of hydrogen-bond acceptors (Lipinski definition) is 6. The van der Waals surface area contributed by atoms with Gasteiger partial charge in [0.25, 0.3) is 5.91 Å². The Balaban J connectivity index is 1.73. The van der Waals surface area contributed by atoms with Crippen LogP contribution in [-0.4, -0.2) is 60.2 Å². The van der Waals surface area contributed by atoms with Crippen LogP contribution in [0.1, 0.15) is 0 Å².